The molecule has 78 valence electrons. The quantitative estimate of drug-likeness (QED) is 0.783. The molecule has 3 nitrogen and oxygen atoms in total. The van der Waals surface area contributed by atoms with Gasteiger partial charge in [0, 0.05) is 17.0 Å². The molecule has 1 heterocycles. The van der Waals surface area contributed by atoms with Crippen LogP contribution in [0.15, 0.2) is 22.8 Å². The highest BCUT2D eigenvalue weighted by atomic mass is 79.9. The number of aromatic nitrogens is 2. The van der Waals surface area contributed by atoms with Crippen LogP contribution in [0.1, 0.15) is 30.2 Å². The lowest BCUT2D eigenvalue weighted by Gasteiger charge is -2.05. The molecule has 2 aromatic rings. The number of fused-ring (bicyclic) bond motifs is 1. The summed E-state index contributed by atoms with van der Waals surface area (Å²) >= 11 is 3.49. The fraction of sp³-hybridized carbons (Fsp3) is 0.273. The van der Waals surface area contributed by atoms with Crippen LogP contribution >= 0.6 is 15.9 Å². The molecule has 0 aliphatic rings. The standard InChI is InChI=1S/C11H11BrN2O/c1-7(2)14-11(12)10-8(6-15)4-3-5-9(10)13-14/h3-7H,1-2H3. The lowest BCUT2D eigenvalue weighted by molar-refractivity contribution is 0.112. The van der Waals surface area contributed by atoms with Crippen molar-refractivity contribution in [2.45, 2.75) is 19.9 Å². The Morgan fingerprint density at radius 1 is 1.47 bits per heavy atom. The highest BCUT2D eigenvalue weighted by molar-refractivity contribution is 9.10. The van der Waals surface area contributed by atoms with E-state index in [4.69, 9.17) is 0 Å². The van der Waals surface area contributed by atoms with Crippen LogP contribution in [0.4, 0.5) is 0 Å². The van der Waals surface area contributed by atoms with Crippen molar-refractivity contribution in [1.82, 2.24) is 9.78 Å². The molecular weight excluding hydrogens is 256 g/mol. The minimum absolute atomic E-state index is 0.270. The molecule has 1 aromatic carbocycles. The van der Waals surface area contributed by atoms with Gasteiger partial charge in [-0.05, 0) is 35.8 Å². The Bertz CT molecular complexity index is 517. The van der Waals surface area contributed by atoms with E-state index in [0.29, 0.717) is 5.56 Å². The summed E-state index contributed by atoms with van der Waals surface area (Å²) in [4.78, 5) is 10.9. The fourth-order valence-corrected chi connectivity index (χ4v) is 2.50. The zero-order valence-electron chi connectivity index (χ0n) is 8.57. The van der Waals surface area contributed by atoms with Crippen LogP contribution in [0.5, 0.6) is 0 Å². The molecule has 1 aromatic heterocycles. The topological polar surface area (TPSA) is 34.9 Å². The van der Waals surface area contributed by atoms with E-state index in [1.54, 1.807) is 6.07 Å². The van der Waals surface area contributed by atoms with Gasteiger partial charge in [0.05, 0.1) is 5.52 Å². The first kappa shape index (κ1) is 10.4. The summed E-state index contributed by atoms with van der Waals surface area (Å²) in [6.07, 6.45) is 0.861. The number of nitrogens with zero attached hydrogens (tertiary/aromatic N) is 2. The van der Waals surface area contributed by atoms with Crippen molar-refractivity contribution in [3.63, 3.8) is 0 Å². The second kappa shape index (κ2) is 3.77. The second-order valence-corrected chi connectivity index (χ2v) is 4.44. The van der Waals surface area contributed by atoms with E-state index in [1.165, 1.54) is 0 Å². The molecule has 0 fully saturated rings. The van der Waals surface area contributed by atoms with Gasteiger partial charge in [0.1, 0.15) is 4.60 Å². The Labute approximate surface area is 96.2 Å². The Hall–Kier alpha value is -1.16. The third kappa shape index (κ3) is 1.59. The van der Waals surface area contributed by atoms with Gasteiger partial charge in [0.2, 0.25) is 0 Å². The highest BCUT2D eigenvalue weighted by Gasteiger charge is 2.13. The van der Waals surface area contributed by atoms with Gasteiger partial charge in [-0.2, -0.15) is 5.10 Å². The average Bonchev–Trinajstić information content (AvgIpc) is 2.56. The van der Waals surface area contributed by atoms with E-state index < -0.39 is 0 Å². The zero-order chi connectivity index (χ0) is 11.0. The molecule has 0 N–H and O–H groups in total. The summed E-state index contributed by atoms with van der Waals surface area (Å²) in [6, 6.07) is 5.82. The monoisotopic (exact) mass is 266 g/mol. The van der Waals surface area contributed by atoms with E-state index >= 15 is 0 Å². The van der Waals surface area contributed by atoms with Gasteiger partial charge < -0.3 is 0 Å². The van der Waals surface area contributed by atoms with Crippen molar-refractivity contribution in [3.8, 4) is 0 Å². The molecule has 15 heavy (non-hydrogen) atoms. The summed E-state index contributed by atoms with van der Waals surface area (Å²) in [5, 5.41) is 5.32. The van der Waals surface area contributed by atoms with E-state index in [-0.39, 0.29) is 6.04 Å². The number of aldehydes is 1. The van der Waals surface area contributed by atoms with E-state index in [1.807, 2.05) is 16.8 Å². The van der Waals surface area contributed by atoms with Crippen LogP contribution in [0.25, 0.3) is 10.9 Å². The number of carbonyl (C=O) groups excluding carboxylic acids is 1. The summed E-state index contributed by atoms with van der Waals surface area (Å²) in [5.74, 6) is 0. The number of rotatable bonds is 2. The van der Waals surface area contributed by atoms with Crippen molar-refractivity contribution in [3.05, 3.63) is 28.4 Å². The van der Waals surface area contributed by atoms with E-state index in [0.717, 1.165) is 21.8 Å². The number of halogens is 1. The summed E-state index contributed by atoms with van der Waals surface area (Å²) < 4.78 is 2.74. The average molecular weight is 267 g/mol. The predicted octanol–water partition coefficient (Wildman–Crippen LogP) is 3.19. The number of benzene rings is 1. The van der Waals surface area contributed by atoms with Gasteiger partial charge in [-0.25, -0.2) is 0 Å². The molecule has 0 bridgehead atoms. The van der Waals surface area contributed by atoms with Crippen LogP contribution in [0.3, 0.4) is 0 Å². The molecule has 4 heteroatoms. The molecule has 0 radical (unpaired) electrons. The van der Waals surface area contributed by atoms with Gasteiger partial charge in [-0.15, -0.1) is 0 Å². The Morgan fingerprint density at radius 2 is 2.20 bits per heavy atom. The van der Waals surface area contributed by atoms with Crippen molar-refractivity contribution in [2.24, 2.45) is 0 Å². The van der Waals surface area contributed by atoms with Gasteiger partial charge in [-0.1, -0.05) is 12.1 Å². The summed E-state index contributed by atoms with van der Waals surface area (Å²) in [5.41, 5.74) is 1.52. The van der Waals surface area contributed by atoms with Crippen LogP contribution < -0.4 is 0 Å². The van der Waals surface area contributed by atoms with Crippen LogP contribution in [-0.4, -0.2) is 16.1 Å². The molecular formula is C11H11BrN2O. The zero-order valence-corrected chi connectivity index (χ0v) is 10.2. The first-order valence-electron chi connectivity index (χ1n) is 4.77. The smallest absolute Gasteiger partial charge is 0.150 e. The Balaban J connectivity index is 2.82. The third-order valence-corrected chi connectivity index (χ3v) is 3.07. The molecule has 0 amide bonds. The largest absolute Gasteiger partial charge is 0.298 e. The normalized spacial score (nSPS) is 11.2. The van der Waals surface area contributed by atoms with Crippen molar-refractivity contribution >= 4 is 33.1 Å². The van der Waals surface area contributed by atoms with E-state index in [2.05, 4.69) is 34.9 Å². The maximum atomic E-state index is 10.9. The van der Waals surface area contributed by atoms with Gasteiger partial charge >= 0.3 is 0 Å². The molecule has 2 rings (SSSR count). The van der Waals surface area contributed by atoms with Crippen molar-refractivity contribution in [2.75, 3.05) is 0 Å². The highest BCUT2D eigenvalue weighted by Crippen LogP contribution is 2.28. The van der Waals surface area contributed by atoms with Crippen LogP contribution in [-0.2, 0) is 0 Å². The molecule has 0 spiro atoms. The Kier molecular flexibility index (Phi) is 2.61. The SMILES string of the molecule is CC(C)n1nc2cccc(C=O)c2c1Br. The maximum Gasteiger partial charge on any atom is 0.150 e. The third-order valence-electron chi connectivity index (χ3n) is 2.31. The molecule has 0 aliphatic heterocycles. The Morgan fingerprint density at radius 3 is 2.80 bits per heavy atom. The summed E-state index contributed by atoms with van der Waals surface area (Å²) in [6.45, 7) is 4.11. The van der Waals surface area contributed by atoms with Gasteiger partial charge in [0.15, 0.2) is 6.29 Å². The molecule has 0 aliphatic carbocycles. The molecule has 0 saturated heterocycles. The number of carbonyl (C=O) groups is 1. The predicted molar refractivity (Wildman–Crippen MR) is 63.2 cm³/mol. The first-order chi connectivity index (χ1) is 7.15. The van der Waals surface area contributed by atoms with Gasteiger partial charge in [0.25, 0.3) is 0 Å². The molecule has 0 atom stereocenters. The minimum Gasteiger partial charge on any atom is -0.298 e. The number of hydrogen-bond acceptors (Lipinski definition) is 2. The molecule has 0 unspecified atom stereocenters. The lowest BCUT2D eigenvalue weighted by Crippen LogP contribution is -2.02. The molecule has 0 saturated carbocycles. The van der Waals surface area contributed by atoms with Gasteiger partial charge in [-0.3, -0.25) is 9.48 Å². The lowest BCUT2D eigenvalue weighted by atomic mass is 10.1. The fourth-order valence-electron chi connectivity index (χ4n) is 1.58. The van der Waals surface area contributed by atoms with E-state index in [9.17, 15) is 4.79 Å². The van der Waals surface area contributed by atoms with Crippen LogP contribution in [0, 0.1) is 0 Å². The second-order valence-electron chi connectivity index (χ2n) is 3.69. The number of hydrogen-bond donors (Lipinski definition) is 0. The maximum absolute atomic E-state index is 10.9. The summed E-state index contributed by atoms with van der Waals surface area (Å²) in [7, 11) is 0. The first-order valence-corrected chi connectivity index (χ1v) is 5.56. The van der Waals surface area contributed by atoms with Crippen LogP contribution in [0.2, 0.25) is 0 Å². The van der Waals surface area contributed by atoms with Crippen molar-refractivity contribution in [1.29, 1.82) is 0 Å². The van der Waals surface area contributed by atoms with Crippen molar-refractivity contribution < 1.29 is 4.79 Å². The minimum atomic E-state index is 0.270.